The highest BCUT2D eigenvalue weighted by molar-refractivity contribution is 6.31. The monoisotopic (exact) mass is 383 g/mol. The molecule has 0 spiro atoms. The number of nitrogens with one attached hydrogen (secondary N) is 1. The summed E-state index contributed by atoms with van der Waals surface area (Å²) in [6.07, 6.45) is 2.53. The second-order valence-corrected chi connectivity index (χ2v) is 6.68. The van der Waals surface area contributed by atoms with Gasteiger partial charge >= 0.3 is 0 Å². The van der Waals surface area contributed by atoms with Crippen molar-refractivity contribution >= 4 is 23.2 Å². The first-order valence-corrected chi connectivity index (χ1v) is 8.98. The number of anilines is 1. The van der Waals surface area contributed by atoms with E-state index in [1.807, 2.05) is 18.2 Å². The van der Waals surface area contributed by atoms with Crippen molar-refractivity contribution in [3.63, 3.8) is 0 Å². The average Bonchev–Trinajstić information content (AvgIpc) is 2.89. The number of fused-ring (bicyclic) bond motifs is 1. The van der Waals surface area contributed by atoms with Gasteiger partial charge in [0.15, 0.2) is 11.5 Å². The molecule has 0 fully saturated rings. The Balaban J connectivity index is 1.67. The lowest BCUT2D eigenvalue weighted by Gasteiger charge is -2.09. The van der Waals surface area contributed by atoms with Gasteiger partial charge in [-0.25, -0.2) is 0 Å². The Hall–Kier alpha value is -2.99. The van der Waals surface area contributed by atoms with Gasteiger partial charge in [0, 0.05) is 35.9 Å². The number of halogens is 1. The first-order chi connectivity index (χ1) is 13.1. The standard InChI is InChI=1S/C20H18ClN3O3/c1-24-12-16(20(25)22-15-5-2-4-14(21)11-15)19(23-24)13-6-7-17-18(10-13)27-9-3-8-26-17/h2,4-7,10-12H,3,8-9H2,1H3,(H,22,25). The predicted molar refractivity (Wildman–Crippen MR) is 104 cm³/mol. The van der Waals surface area contributed by atoms with E-state index in [4.69, 9.17) is 21.1 Å². The number of nitrogens with zero attached hydrogens (tertiary/aromatic N) is 2. The van der Waals surface area contributed by atoms with Crippen molar-refractivity contribution < 1.29 is 14.3 Å². The van der Waals surface area contributed by atoms with Crippen LogP contribution in [0.25, 0.3) is 11.3 Å². The summed E-state index contributed by atoms with van der Waals surface area (Å²) >= 11 is 5.99. The highest BCUT2D eigenvalue weighted by atomic mass is 35.5. The lowest BCUT2D eigenvalue weighted by molar-refractivity contribution is 0.102. The third kappa shape index (κ3) is 3.75. The van der Waals surface area contributed by atoms with Crippen LogP contribution in [0.3, 0.4) is 0 Å². The largest absolute Gasteiger partial charge is 0.490 e. The van der Waals surface area contributed by atoms with Gasteiger partial charge in [-0.05, 0) is 36.4 Å². The molecule has 2 heterocycles. The Labute approximate surface area is 161 Å². The minimum absolute atomic E-state index is 0.257. The summed E-state index contributed by atoms with van der Waals surface area (Å²) in [5.74, 6) is 1.11. The van der Waals surface area contributed by atoms with Crippen LogP contribution in [-0.4, -0.2) is 28.9 Å². The van der Waals surface area contributed by atoms with Crippen molar-refractivity contribution in [2.24, 2.45) is 7.05 Å². The molecule has 0 unspecified atom stereocenters. The zero-order valence-electron chi connectivity index (χ0n) is 14.7. The number of carbonyl (C=O) groups excluding carboxylic acids is 1. The van der Waals surface area contributed by atoms with Crippen LogP contribution >= 0.6 is 11.6 Å². The Morgan fingerprint density at radius 1 is 1.15 bits per heavy atom. The maximum absolute atomic E-state index is 12.8. The fourth-order valence-electron chi connectivity index (χ4n) is 2.94. The summed E-state index contributed by atoms with van der Waals surface area (Å²) in [6.45, 7) is 1.23. The third-order valence-electron chi connectivity index (χ3n) is 4.18. The number of hydrogen-bond acceptors (Lipinski definition) is 4. The quantitative estimate of drug-likeness (QED) is 0.737. The number of rotatable bonds is 3. The Kier molecular flexibility index (Phi) is 4.73. The molecular formula is C20H18ClN3O3. The molecule has 0 aliphatic carbocycles. The van der Waals surface area contributed by atoms with Crippen LogP contribution in [0.15, 0.2) is 48.7 Å². The van der Waals surface area contributed by atoms with E-state index in [2.05, 4.69) is 10.4 Å². The molecule has 0 radical (unpaired) electrons. The van der Waals surface area contributed by atoms with Gasteiger partial charge in [0.1, 0.15) is 5.69 Å². The fourth-order valence-corrected chi connectivity index (χ4v) is 3.13. The molecule has 1 aliphatic rings. The molecular weight excluding hydrogens is 366 g/mol. The smallest absolute Gasteiger partial charge is 0.259 e. The number of carbonyl (C=O) groups is 1. The van der Waals surface area contributed by atoms with Gasteiger partial charge in [-0.3, -0.25) is 9.48 Å². The molecule has 4 rings (SSSR count). The molecule has 0 bridgehead atoms. The van der Waals surface area contributed by atoms with E-state index in [0.29, 0.717) is 46.7 Å². The fraction of sp³-hybridized carbons (Fsp3) is 0.200. The molecule has 2 aromatic carbocycles. The summed E-state index contributed by atoms with van der Waals surface area (Å²) in [5.41, 5.74) is 2.46. The van der Waals surface area contributed by atoms with Gasteiger partial charge in [-0.1, -0.05) is 17.7 Å². The minimum atomic E-state index is -0.257. The maximum atomic E-state index is 12.8. The lowest BCUT2D eigenvalue weighted by Crippen LogP contribution is -2.12. The first kappa shape index (κ1) is 17.4. The minimum Gasteiger partial charge on any atom is -0.490 e. The molecule has 1 N–H and O–H groups in total. The van der Waals surface area contributed by atoms with Gasteiger partial charge in [-0.2, -0.15) is 5.10 Å². The molecule has 0 saturated carbocycles. The number of aromatic nitrogens is 2. The molecule has 7 heteroatoms. The topological polar surface area (TPSA) is 65.4 Å². The van der Waals surface area contributed by atoms with Crippen molar-refractivity contribution in [3.05, 3.63) is 59.2 Å². The number of ether oxygens (including phenoxy) is 2. The molecule has 1 amide bonds. The number of hydrogen-bond donors (Lipinski definition) is 1. The molecule has 3 aromatic rings. The predicted octanol–water partition coefficient (Wildman–Crippen LogP) is 4.15. The molecule has 27 heavy (non-hydrogen) atoms. The Bertz CT molecular complexity index is 1000. The number of benzene rings is 2. The number of aryl methyl sites for hydroxylation is 1. The van der Waals surface area contributed by atoms with E-state index in [-0.39, 0.29) is 5.91 Å². The molecule has 138 valence electrons. The van der Waals surface area contributed by atoms with E-state index >= 15 is 0 Å². The average molecular weight is 384 g/mol. The van der Waals surface area contributed by atoms with Crippen LogP contribution in [-0.2, 0) is 7.05 Å². The normalized spacial score (nSPS) is 13.1. The van der Waals surface area contributed by atoms with E-state index in [0.717, 1.165) is 12.0 Å². The number of amides is 1. The first-order valence-electron chi connectivity index (χ1n) is 8.61. The van der Waals surface area contributed by atoms with E-state index in [1.165, 1.54) is 0 Å². The van der Waals surface area contributed by atoms with Crippen LogP contribution in [0.4, 0.5) is 5.69 Å². The Morgan fingerprint density at radius 3 is 2.78 bits per heavy atom. The van der Waals surface area contributed by atoms with Gasteiger partial charge in [0.25, 0.3) is 5.91 Å². The third-order valence-corrected chi connectivity index (χ3v) is 4.41. The zero-order valence-corrected chi connectivity index (χ0v) is 15.5. The lowest BCUT2D eigenvalue weighted by atomic mass is 10.1. The second-order valence-electron chi connectivity index (χ2n) is 6.24. The van der Waals surface area contributed by atoms with Gasteiger partial charge in [0.2, 0.25) is 0 Å². The SMILES string of the molecule is Cn1cc(C(=O)Nc2cccc(Cl)c2)c(-c2ccc3c(c2)OCCCO3)n1. The van der Waals surface area contributed by atoms with E-state index < -0.39 is 0 Å². The van der Waals surface area contributed by atoms with Crippen LogP contribution in [0.1, 0.15) is 16.8 Å². The van der Waals surface area contributed by atoms with Crippen LogP contribution in [0.2, 0.25) is 5.02 Å². The zero-order chi connectivity index (χ0) is 18.8. The summed E-state index contributed by atoms with van der Waals surface area (Å²) < 4.78 is 13.0. The van der Waals surface area contributed by atoms with E-state index in [1.54, 1.807) is 42.2 Å². The maximum Gasteiger partial charge on any atom is 0.259 e. The molecule has 1 aliphatic heterocycles. The highest BCUT2D eigenvalue weighted by Gasteiger charge is 2.20. The molecule has 6 nitrogen and oxygen atoms in total. The second kappa shape index (κ2) is 7.32. The summed E-state index contributed by atoms with van der Waals surface area (Å²) in [7, 11) is 1.78. The van der Waals surface area contributed by atoms with Crippen LogP contribution in [0, 0.1) is 0 Å². The van der Waals surface area contributed by atoms with Gasteiger partial charge < -0.3 is 14.8 Å². The van der Waals surface area contributed by atoms with Gasteiger partial charge in [0.05, 0.1) is 18.8 Å². The molecule has 0 atom stereocenters. The molecule has 0 saturated heterocycles. The molecule has 1 aromatic heterocycles. The van der Waals surface area contributed by atoms with Crippen molar-refractivity contribution in [2.45, 2.75) is 6.42 Å². The van der Waals surface area contributed by atoms with Crippen LogP contribution < -0.4 is 14.8 Å². The summed E-state index contributed by atoms with van der Waals surface area (Å²) in [4.78, 5) is 12.8. The van der Waals surface area contributed by atoms with Gasteiger partial charge in [-0.15, -0.1) is 0 Å². The van der Waals surface area contributed by atoms with Crippen molar-refractivity contribution in [2.75, 3.05) is 18.5 Å². The van der Waals surface area contributed by atoms with Crippen LogP contribution in [0.5, 0.6) is 11.5 Å². The Morgan fingerprint density at radius 2 is 1.96 bits per heavy atom. The van der Waals surface area contributed by atoms with E-state index in [9.17, 15) is 4.79 Å². The van der Waals surface area contributed by atoms with Crippen molar-refractivity contribution in [3.8, 4) is 22.8 Å². The highest BCUT2D eigenvalue weighted by Crippen LogP contribution is 2.35. The summed E-state index contributed by atoms with van der Waals surface area (Å²) in [5, 5.41) is 7.89. The van der Waals surface area contributed by atoms with Crippen molar-refractivity contribution in [1.29, 1.82) is 0 Å². The summed E-state index contributed by atoms with van der Waals surface area (Å²) in [6, 6.07) is 12.6. The van der Waals surface area contributed by atoms with Crippen molar-refractivity contribution in [1.82, 2.24) is 9.78 Å².